The van der Waals surface area contributed by atoms with Gasteiger partial charge in [0.15, 0.2) is 0 Å². The van der Waals surface area contributed by atoms with E-state index >= 15 is 0 Å². The molecule has 17 heavy (non-hydrogen) atoms. The van der Waals surface area contributed by atoms with Gasteiger partial charge in [-0.2, -0.15) is 0 Å². The average molecular weight is 213 g/mol. The smallest absolute Gasteiger partial charge is 0.113 e. The van der Waals surface area contributed by atoms with E-state index in [0.29, 0.717) is 16.5 Å². The lowest BCUT2D eigenvalue weighted by Crippen LogP contribution is -2.56. The predicted molar refractivity (Wildman–Crippen MR) is 77.9 cm³/mol. The monoisotopic (exact) mass is 214 g/mol. The van der Waals surface area contributed by atoms with Gasteiger partial charge in [0.05, 0.1) is 12.2 Å². The summed E-state index contributed by atoms with van der Waals surface area (Å²) in [7, 11) is 28.9. The van der Waals surface area contributed by atoms with E-state index in [2.05, 4.69) is 0 Å². The summed E-state index contributed by atoms with van der Waals surface area (Å²) in [5, 5.41) is 0. The molecular formula is C11H11B5O. The quantitative estimate of drug-likeness (QED) is 0.475. The molecule has 1 nitrogen and oxygen atoms in total. The minimum absolute atomic E-state index is 0.222. The molecule has 0 heterocycles. The molecule has 0 spiro atoms. The molecule has 6 heteroatoms. The highest BCUT2D eigenvalue weighted by molar-refractivity contribution is 6.67. The molecule has 0 atom stereocenters. The van der Waals surface area contributed by atoms with Crippen LogP contribution >= 0.6 is 0 Å². The van der Waals surface area contributed by atoms with Gasteiger partial charge in [0.2, 0.25) is 0 Å². The second-order valence-electron chi connectivity index (χ2n) is 4.95. The Morgan fingerprint density at radius 1 is 0.765 bits per heavy atom. The zero-order valence-electron chi connectivity index (χ0n) is 10.5. The summed E-state index contributed by atoms with van der Waals surface area (Å²) in [6, 6.07) is 0. The van der Waals surface area contributed by atoms with Crippen molar-refractivity contribution in [1.82, 2.24) is 0 Å². The number of ether oxygens (including phenoxy) is 1. The molecule has 0 N–H and O–H groups in total. The first-order chi connectivity index (χ1) is 7.65. The van der Waals surface area contributed by atoms with Gasteiger partial charge in [0.1, 0.15) is 39.2 Å². The van der Waals surface area contributed by atoms with Gasteiger partial charge in [-0.3, -0.25) is 0 Å². The minimum atomic E-state index is -0.302. The Morgan fingerprint density at radius 2 is 1.12 bits per heavy atom. The lowest BCUT2D eigenvalue weighted by Gasteiger charge is -2.25. The number of rotatable bonds is 2. The molecule has 0 aliphatic rings. The first kappa shape index (κ1) is 14.6. The topological polar surface area (TPSA) is 9.23 Å². The van der Waals surface area contributed by atoms with Crippen molar-refractivity contribution in [2.45, 2.75) is 33.0 Å². The summed E-state index contributed by atoms with van der Waals surface area (Å²) < 4.78 is 5.61. The van der Waals surface area contributed by atoms with Crippen molar-refractivity contribution in [2.75, 3.05) is 0 Å². The summed E-state index contributed by atoms with van der Waals surface area (Å²) in [6.45, 7) is 6.05. The summed E-state index contributed by atoms with van der Waals surface area (Å²) >= 11 is 0. The van der Waals surface area contributed by atoms with Gasteiger partial charge in [-0.15, -0.1) is 16.4 Å². The van der Waals surface area contributed by atoms with Crippen molar-refractivity contribution < 1.29 is 4.74 Å². The van der Waals surface area contributed by atoms with Crippen LogP contribution < -0.4 is 27.3 Å². The molecule has 0 amide bonds. The highest BCUT2D eigenvalue weighted by atomic mass is 16.5. The summed E-state index contributed by atoms with van der Waals surface area (Å²) in [5.41, 5.74) is 1.68. The van der Waals surface area contributed by atoms with E-state index < -0.39 is 0 Å². The normalized spacial score (nSPS) is 11.7. The fourth-order valence-corrected chi connectivity index (χ4v) is 1.35. The van der Waals surface area contributed by atoms with Crippen molar-refractivity contribution in [3.8, 4) is 0 Å². The zero-order chi connectivity index (χ0) is 13.4. The molecule has 1 rings (SSSR count). The third-order valence-electron chi connectivity index (χ3n) is 2.46. The van der Waals surface area contributed by atoms with E-state index in [1.54, 1.807) is 0 Å². The highest BCUT2D eigenvalue weighted by Gasteiger charge is 2.14. The Labute approximate surface area is 110 Å². The maximum absolute atomic E-state index is 5.86. The third kappa shape index (κ3) is 3.25. The molecule has 0 fully saturated rings. The minimum Gasteiger partial charge on any atom is -0.371 e. The second kappa shape index (κ2) is 5.01. The first-order valence-corrected chi connectivity index (χ1v) is 5.29. The van der Waals surface area contributed by atoms with Gasteiger partial charge in [-0.25, -0.2) is 0 Å². The van der Waals surface area contributed by atoms with E-state index in [4.69, 9.17) is 44.0 Å². The molecule has 0 aliphatic carbocycles. The van der Waals surface area contributed by atoms with E-state index in [-0.39, 0.29) is 28.6 Å². The maximum Gasteiger partial charge on any atom is 0.113 e. The fourth-order valence-electron chi connectivity index (χ4n) is 1.35. The van der Waals surface area contributed by atoms with Crippen LogP contribution in [0.3, 0.4) is 0 Å². The highest BCUT2D eigenvalue weighted by Crippen LogP contribution is 2.08. The van der Waals surface area contributed by atoms with E-state index in [9.17, 15) is 0 Å². The largest absolute Gasteiger partial charge is 0.371 e. The van der Waals surface area contributed by atoms with Gasteiger partial charge in [0.25, 0.3) is 0 Å². The Bertz CT molecular complexity index is 407. The SMILES string of the molecule is [B]c1c([B])c([B])c(COC(C)(C)C)c([B])c1[B]. The van der Waals surface area contributed by atoms with E-state index in [0.717, 1.165) is 0 Å². The van der Waals surface area contributed by atoms with E-state index in [1.807, 2.05) is 20.8 Å². The van der Waals surface area contributed by atoms with Crippen LogP contribution in [-0.2, 0) is 11.3 Å². The molecular weight excluding hydrogens is 202 g/mol. The lowest BCUT2D eigenvalue weighted by atomic mass is 9.60. The molecule has 0 saturated heterocycles. The molecule has 76 valence electrons. The Kier molecular flexibility index (Phi) is 4.30. The van der Waals surface area contributed by atoms with Crippen molar-refractivity contribution in [3.63, 3.8) is 0 Å². The maximum atomic E-state index is 5.86. The lowest BCUT2D eigenvalue weighted by molar-refractivity contribution is -0.0142. The molecule has 0 saturated carbocycles. The standard InChI is InChI=1S/C11H11B5O/c1-11(2,3)17-4-5-6(12)8(14)10(16)9(15)7(5)13/h4H2,1-3H3. The Morgan fingerprint density at radius 3 is 1.47 bits per heavy atom. The van der Waals surface area contributed by atoms with Crippen LogP contribution in [0.1, 0.15) is 26.3 Å². The van der Waals surface area contributed by atoms with Crippen LogP contribution in [0.2, 0.25) is 0 Å². The predicted octanol–water partition coefficient (Wildman–Crippen LogP) is -3.03. The zero-order valence-corrected chi connectivity index (χ0v) is 10.5. The van der Waals surface area contributed by atoms with Crippen LogP contribution in [0.5, 0.6) is 0 Å². The molecule has 0 aromatic heterocycles. The van der Waals surface area contributed by atoms with Gasteiger partial charge in [-0.1, -0.05) is 10.9 Å². The van der Waals surface area contributed by atoms with Gasteiger partial charge >= 0.3 is 0 Å². The first-order valence-electron chi connectivity index (χ1n) is 5.29. The van der Waals surface area contributed by atoms with Gasteiger partial charge < -0.3 is 4.74 Å². The van der Waals surface area contributed by atoms with Crippen molar-refractivity contribution in [3.05, 3.63) is 5.56 Å². The Balaban J connectivity index is 3.16. The summed E-state index contributed by atoms with van der Waals surface area (Å²) in [5.74, 6) is 0. The summed E-state index contributed by atoms with van der Waals surface area (Å²) in [4.78, 5) is 0. The van der Waals surface area contributed by atoms with Crippen LogP contribution in [-0.4, -0.2) is 44.8 Å². The van der Waals surface area contributed by atoms with Crippen LogP contribution in [0.4, 0.5) is 0 Å². The van der Waals surface area contributed by atoms with Crippen LogP contribution in [0, 0.1) is 0 Å². The van der Waals surface area contributed by atoms with Crippen LogP contribution in [0.25, 0.3) is 0 Å². The molecule has 1 aromatic carbocycles. The fraction of sp³-hybridized carbons (Fsp3) is 0.455. The molecule has 1 aromatic rings. The molecule has 0 bridgehead atoms. The third-order valence-corrected chi connectivity index (χ3v) is 2.46. The van der Waals surface area contributed by atoms with Crippen molar-refractivity contribution in [2.24, 2.45) is 0 Å². The van der Waals surface area contributed by atoms with Crippen LogP contribution in [0.15, 0.2) is 0 Å². The average Bonchev–Trinajstić information content (AvgIpc) is 2.22. The van der Waals surface area contributed by atoms with E-state index in [1.165, 1.54) is 0 Å². The number of hydrogen-bond donors (Lipinski definition) is 0. The van der Waals surface area contributed by atoms with Crippen molar-refractivity contribution in [1.29, 1.82) is 0 Å². The number of benzene rings is 1. The van der Waals surface area contributed by atoms with Crippen molar-refractivity contribution >= 4 is 66.5 Å². The molecule has 10 radical (unpaired) electrons. The summed E-state index contributed by atoms with van der Waals surface area (Å²) in [6.07, 6.45) is 0. The van der Waals surface area contributed by atoms with Gasteiger partial charge in [0, 0.05) is 0 Å². The Hall–Kier alpha value is -0.495. The second-order valence-corrected chi connectivity index (χ2v) is 4.95. The molecule has 0 aliphatic heterocycles. The number of hydrogen-bond acceptors (Lipinski definition) is 1. The van der Waals surface area contributed by atoms with Gasteiger partial charge in [-0.05, 0) is 26.3 Å². The molecule has 0 unspecified atom stereocenters.